The largest absolute Gasteiger partial charge is 0.462 e. The number of hydrogen-bond donors (Lipinski definition) is 0. The van der Waals surface area contributed by atoms with E-state index in [2.05, 4.69) is 32.9 Å². The Bertz CT molecular complexity index is 1170. The molecule has 0 aliphatic carbocycles. The van der Waals surface area contributed by atoms with Gasteiger partial charge in [0.15, 0.2) is 6.10 Å². The van der Waals surface area contributed by atoms with Crippen LogP contribution in [0.1, 0.15) is 393 Å². The Balaban J connectivity index is 4.23. The van der Waals surface area contributed by atoms with Crippen molar-refractivity contribution in [2.75, 3.05) is 13.2 Å². The third-order valence-corrected chi connectivity index (χ3v) is 15.8. The first-order valence-electron chi connectivity index (χ1n) is 34.2. The number of ether oxygens (including phenoxy) is 3. The van der Waals surface area contributed by atoms with Crippen molar-refractivity contribution in [3.05, 3.63) is 12.2 Å². The van der Waals surface area contributed by atoms with Crippen molar-refractivity contribution in [3.8, 4) is 0 Å². The minimum absolute atomic E-state index is 0.0639. The van der Waals surface area contributed by atoms with E-state index in [9.17, 15) is 14.4 Å². The molecule has 75 heavy (non-hydrogen) atoms. The fraction of sp³-hybridized carbons (Fsp3) is 0.928. The minimum Gasteiger partial charge on any atom is -0.462 e. The predicted molar refractivity (Wildman–Crippen MR) is 326 cm³/mol. The summed E-state index contributed by atoms with van der Waals surface area (Å²) in [5, 5.41) is 0. The first kappa shape index (κ1) is 73.2. The van der Waals surface area contributed by atoms with Crippen LogP contribution in [0.3, 0.4) is 0 Å². The van der Waals surface area contributed by atoms with Gasteiger partial charge >= 0.3 is 17.9 Å². The second-order valence-electron chi connectivity index (χ2n) is 23.5. The van der Waals surface area contributed by atoms with Crippen LogP contribution in [0.4, 0.5) is 0 Å². The second kappa shape index (κ2) is 64.7. The number of unbranched alkanes of at least 4 members (excludes halogenated alkanes) is 51. The van der Waals surface area contributed by atoms with Crippen LogP contribution in [0, 0.1) is 0 Å². The van der Waals surface area contributed by atoms with Gasteiger partial charge in [-0.25, -0.2) is 0 Å². The molecule has 0 saturated carbocycles. The first-order chi connectivity index (χ1) is 37.0. The summed E-state index contributed by atoms with van der Waals surface area (Å²) in [5.41, 5.74) is 0. The topological polar surface area (TPSA) is 78.9 Å². The number of allylic oxidation sites excluding steroid dienone is 2. The molecule has 0 fully saturated rings. The molecule has 6 nitrogen and oxygen atoms in total. The molecule has 0 aromatic rings. The normalized spacial score (nSPS) is 12.0. The highest BCUT2D eigenvalue weighted by atomic mass is 16.6. The molecule has 0 spiro atoms. The zero-order valence-corrected chi connectivity index (χ0v) is 51.1. The molecule has 0 radical (unpaired) electrons. The third kappa shape index (κ3) is 62.9. The smallest absolute Gasteiger partial charge is 0.306 e. The van der Waals surface area contributed by atoms with E-state index in [0.717, 1.165) is 57.8 Å². The molecule has 0 amide bonds. The van der Waals surface area contributed by atoms with Gasteiger partial charge in [-0.2, -0.15) is 0 Å². The van der Waals surface area contributed by atoms with Crippen molar-refractivity contribution >= 4 is 17.9 Å². The van der Waals surface area contributed by atoms with Gasteiger partial charge < -0.3 is 14.2 Å². The first-order valence-corrected chi connectivity index (χ1v) is 34.2. The van der Waals surface area contributed by atoms with E-state index < -0.39 is 6.10 Å². The highest BCUT2D eigenvalue weighted by Gasteiger charge is 2.19. The Morgan fingerprint density at radius 1 is 0.253 bits per heavy atom. The highest BCUT2D eigenvalue weighted by Crippen LogP contribution is 2.19. The molecule has 1 atom stereocenters. The second-order valence-corrected chi connectivity index (χ2v) is 23.5. The van der Waals surface area contributed by atoms with Crippen molar-refractivity contribution in [3.63, 3.8) is 0 Å². The van der Waals surface area contributed by atoms with Gasteiger partial charge in [0, 0.05) is 19.3 Å². The average Bonchev–Trinajstić information content (AvgIpc) is 3.41. The lowest BCUT2D eigenvalue weighted by atomic mass is 10.0. The fourth-order valence-corrected chi connectivity index (χ4v) is 10.6. The van der Waals surface area contributed by atoms with E-state index in [4.69, 9.17) is 14.2 Å². The van der Waals surface area contributed by atoms with Gasteiger partial charge in [-0.15, -0.1) is 0 Å². The molecule has 0 aromatic heterocycles. The van der Waals surface area contributed by atoms with Crippen molar-refractivity contribution in [2.24, 2.45) is 0 Å². The molecule has 6 heteroatoms. The average molecular weight is 1060 g/mol. The van der Waals surface area contributed by atoms with Gasteiger partial charge in [-0.05, 0) is 44.9 Å². The van der Waals surface area contributed by atoms with E-state index in [1.54, 1.807) is 0 Å². The molecule has 0 N–H and O–H groups in total. The SMILES string of the molecule is CCCCCCCC/C=C\CCCCCCCCCCCC(=O)OC(COC(=O)CCCCCCCCCCCCCCCC)COC(=O)CCCCCCCCCCCCCCCCCCCCCCCCCC. The van der Waals surface area contributed by atoms with Crippen LogP contribution in [-0.2, 0) is 28.6 Å². The van der Waals surface area contributed by atoms with E-state index in [1.807, 2.05) is 0 Å². The van der Waals surface area contributed by atoms with E-state index in [0.29, 0.717) is 19.3 Å². The zero-order valence-electron chi connectivity index (χ0n) is 51.1. The molecular formula is C69H132O6. The van der Waals surface area contributed by atoms with Gasteiger partial charge in [-0.1, -0.05) is 341 Å². The van der Waals surface area contributed by atoms with Crippen LogP contribution in [0.5, 0.6) is 0 Å². The standard InChI is InChI=1S/C69H132O6/c1-4-7-10-13-16-19-22-25-28-30-32-33-34-35-36-38-39-41-44-47-50-53-56-59-62-68(71)74-65-66(64-73-67(70)61-58-55-52-49-46-43-27-24-21-18-15-12-9-6-3)75-69(72)63-60-57-54-51-48-45-42-40-37-31-29-26-23-20-17-14-11-8-5-2/h26,29,66H,4-25,27-28,30-65H2,1-3H3/b29-26-. The van der Waals surface area contributed by atoms with E-state index >= 15 is 0 Å². The zero-order chi connectivity index (χ0) is 54.3. The quantitative estimate of drug-likeness (QED) is 0.0261. The lowest BCUT2D eigenvalue weighted by Crippen LogP contribution is -2.30. The van der Waals surface area contributed by atoms with Gasteiger partial charge in [0.05, 0.1) is 0 Å². The van der Waals surface area contributed by atoms with Crippen molar-refractivity contribution in [1.29, 1.82) is 0 Å². The Morgan fingerprint density at radius 2 is 0.440 bits per heavy atom. The molecule has 0 rings (SSSR count). The maximum atomic E-state index is 12.9. The minimum atomic E-state index is -0.767. The molecule has 0 aromatic carbocycles. The van der Waals surface area contributed by atoms with E-state index in [1.165, 1.54) is 295 Å². The van der Waals surface area contributed by atoms with Crippen LogP contribution in [0.15, 0.2) is 12.2 Å². The fourth-order valence-electron chi connectivity index (χ4n) is 10.6. The van der Waals surface area contributed by atoms with Crippen molar-refractivity contribution < 1.29 is 28.6 Å². The van der Waals surface area contributed by atoms with Gasteiger partial charge in [0.25, 0.3) is 0 Å². The third-order valence-electron chi connectivity index (χ3n) is 15.8. The molecule has 0 aliphatic heterocycles. The highest BCUT2D eigenvalue weighted by molar-refractivity contribution is 5.71. The van der Waals surface area contributed by atoms with Crippen molar-refractivity contribution in [1.82, 2.24) is 0 Å². The number of rotatable bonds is 64. The lowest BCUT2D eigenvalue weighted by Gasteiger charge is -2.18. The summed E-state index contributed by atoms with van der Waals surface area (Å²) in [5.74, 6) is -0.832. The predicted octanol–water partition coefficient (Wildman–Crippen LogP) is 23.2. The van der Waals surface area contributed by atoms with Crippen LogP contribution >= 0.6 is 0 Å². The van der Waals surface area contributed by atoms with Crippen LogP contribution in [0.2, 0.25) is 0 Å². The Labute approximate surface area is 469 Å². The van der Waals surface area contributed by atoms with Gasteiger partial charge in [-0.3, -0.25) is 14.4 Å². The summed E-state index contributed by atoms with van der Waals surface area (Å²) in [6.45, 7) is 6.72. The summed E-state index contributed by atoms with van der Waals surface area (Å²) in [7, 11) is 0. The number of carbonyl (C=O) groups is 3. The van der Waals surface area contributed by atoms with Crippen LogP contribution in [0.25, 0.3) is 0 Å². The maximum absolute atomic E-state index is 12.9. The Morgan fingerprint density at radius 3 is 0.667 bits per heavy atom. The molecule has 444 valence electrons. The summed E-state index contributed by atoms with van der Waals surface area (Å²) in [4.78, 5) is 38.4. The molecule has 0 saturated heterocycles. The monoisotopic (exact) mass is 1060 g/mol. The molecule has 0 heterocycles. The van der Waals surface area contributed by atoms with Gasteiger partial charge in [0.2, 0.25) is 0 Å². The number of hydrogen-bond acceptors (Lipinski definition) is 6. The van der Waals surface area contributed by atoms with E-state index in [-0.39, 0.29) is 31.1 Å². The molecule has 1 unspecified atom stereocenters. The molecular weight excluding hydrogens is 925 g/mol. The van der Waals surface area contributed by atoms with Crippen LogP contribution in [-0.4, -0.2) is 37.2 Å². The summed E-state index contributed by atoms with van der Waals surface area (Å²) in [6.07, 6.45) is 76.6. The maximum Gasteiger partial charge on any atom is 0.306 e. The Hall–Kier alpha value is -1.85. The summed E-state index contributed by atoms with van der Waals surface area (Å²) < 4.78 is 17.0. The molecule has 0 aliphatic rings. The van der Waals surface area contributed by atoms with Crippen LogP contribution < -0.4 is 0 Å². The van der Waals surface area contributed by atoms with Gasteiger partial charge in [0.1, 0.15) is 13.2 Å². The Kier molecular flexibility index (Phi) is 63.1. The number of carbonyl (C=O) groups excluding carboxylic acids is 3. The molecule has 0 bridgehead atoms. The van der Waals surface area contributed by atoms with Crippen molar-refractivity contribution in [2.45, 2.75) is 399 Å². The number of esters is 3. The lowest BCUT2D eigenvalue weighted by molar-refractivity contribution is -0.167. The summed E-state index contributed by atoms with van der Waals surface area (Å²) in [6, 6.07) is 0. The summed E-state index contributed by atoms with van der Waals surface area (Å²) >= 11 is 0.